The summed E-state index contributed by atoms with van der Waals surface area (Å²) in [6, 6.07) is 2.57. The zero-order valence-corrected chi connectivity index (χ0v) is 16.1. The van der Waals surface area contributed by atoms with Gasteiger partial charge in [0, 0.05) is 24.2 Å². The lowest BCUT2D eigenvalue weighted by Gasteiger charge is -2.47. The second kappa shape index (κ2) is 6.10. The molecular formula is C19H33N3O3. The molecule has 0 aromatic carbocycles. The maximum Gasteiger partial charge on any atom is 0.410 e. The highest BCUT2D eigenvalue weighted by molar-refractivity contribution is 5.69. The molecule has 4 aliphatic heterocycles. The molecule has 4 saturated heterocycles. The van der Waals surface area contributed by atoms with Gasteiger partial charge in [-0.3, -0.25) is 0 Å². The summed E-state index contributed by atoms with van der Waals surface area (Å²) in [6.07, 6.45) is 6.03. The van der Waals surface area contributed by atoms with Crippen LogP contribution in [0.4, 0.5) is 4.79 Å². The Kier molecular flexibility index (Phi) is 4.28. The molecule has 1 amide bonds. The van der Waals surface area contributed by atoms with E-state index >= 15 is 0 Å². The van der Waals surface area contributed by atoms with E-state index in [9.17, 15) is 4.79 Å². The first kappa shape index (κ1) is 17.6. The van der Waals surface area contributed by atoms with Gasteiger partial charge in [-0.25, -0.2) is 4.79 Å². The Balaban J connectivity index is 1.24. The molecule has 4 atom stereocenters. The van der Waals surface area contributed by atoms with Gasteiger partial charge in [0.1, 0.15) is 11.2 Å². The van der Waals surface area contributed by atoms with Crippen LogP contribution in [0.15, 0.2) is 0 Å². The number of piperidine rings is 1. The second-order valence-electron chi connectivity index (χ2n) is 9.62. The lowest BCUT2D eigenvalue weighted by atomic mass is 9.89. The monoisotopic (exact) mass is 351 g/mol. The van der Waals surface area contributed by atoms with E-state index in [1.54, 1.807) is 4.90 Å². The lowest BCUT2D eigenvalue weighted by molar-refractivity contribution is -0.109. The van der Waals surface area contributed by atoms with E-state index in [1.165, 1.54) is 25.7 Å². The molecule has 6 heteroatoms. The van der Waals surface area contributed by atoms with Crippen LogP contribution in [0.1, 0.15) is 52.9 Å². The van der Waals surface area contributed by atoms with Crippen molar-refractivity contribution in [3.63, 3.8) is 0 Å². The van der Waals surface area contributed by atoms with E-state index in [0.29, 0.717) is 25.2 Å². The topological polar surface area (TPSA) is 54.0 Å². The Morgan fingerprint density at radius 2 is 1.80 bits per heavy atom. The average Bonchev–Trinajstić information content (AvgIpc) is 2.94. The molecule has 4 rings (SSSR count). The van der Waals surface area contributed by atoms with E-state index in [4.69, 9.17) is 9.47 Å². The minimum atomic E-state index is -0.437. The summed E-state index contributed by atoms with van der Waals surface area (Å²) in [5, 5.41) is 3.86. The van der Waals surface area contributed by atoms with E-state index in [2.05, 4.69) is 17.3 Å². The van der Waals surface area contributed by atoms with Gasteiger partial charge >= 0.3 is 6.09 Å². The number of hydrogen-bond donors (Lipinski definition) is 1. The van der Waals surface area contributed by atoms with Crippen molar-refractivity contribution >= 4 is 6.09 Å². The summed E-state index contributed by atoms with van der Waals surface area (Å²) in [5.41, 5.74) is -0.576. The molecule has 0 aliphatic carbocycles. The van der Waals surface area contributed by atoms with Gasteiger partial charge in [0.25, 0.3) is 0 Å². The van der Waals surface area contributed by atoms with Gasteiger partial charge in [-0.15, -0.1) is 0 Å². The Hall–Kier alpha value is -0.850. The number of fused-ring (bicyclic) bond motifs is 2. The molecule has 2 bridgehead atoms. The third-order valence-corrected chi connectivity index (χ3v) is 6.39. The van der Waals surface area contributed by atoms with Crippen LogP contribution < -0.4 is 5.32 Å². The molecular weight excluding hydrogens is 318 g/mol. The van der Waals surface area contributed by atoms with Gasteiger partial charge in [0.05, 0.1) is 19.7 Å². The molecule has 1 N–H and O–H groups in total. The highest BCUT2D eigenvalue weighted by atomic mass is 16.6. The molecule has 1 spiro atoms. The van der Waals surface area contributed by atoms with Crippen molar-refractivity contribution in [2.45, 2.75) is 88.2 Å². The minimum Gasteiger partial charge on any atom is -0.444 e. The average molecular weight is 351 g/mol. The van der Waals surface area contributed by atoms with Gasteiger partial charge in [0.15, 0.2) is 0 Å². The van der Waals surface area contributed by atoms with Gasteiger partial charge < -0.3 is 24.6 Å². The Bertz CT molecular complexity index is 512. The highest BCUT2D eigenvalue weighted by Crippen LogP contribution is 2.38. The van der Waals surface area contributed by atoms with E-state index < -0.39 is 5.60 Å². The molecule has 0 saturated carbocycles. The first-order chi connectivity index (χ1) is 11.7. The Labute approximate surface area is 151 Å². The van der Waals surface area contributed by atoms with Crippen molar-refractivity contribution in [1.29, 1.82) is 0 Å². The van der Waals surface area contributed by atoms with Crippen LogP contribution in [0.2, 0.25) is 0 Å². The molecule has 25 heavy (non-hydrogen) atoms. The predicted octanol–water partition coefficient (Wildman–Crippen LogP) is 1.98. The predicted molar refractivity (Wildman–Crippen MR) is 95.6 cm³/mol. The Morgan fingerprint density at radius 1 is 1.16 bits per heavy atom. The number of nitrogens with zero attached hydrogens (tertiary/aromatic N) is 2. The van der Waals surface area contributed by atoms with Crippen LogP contribution in [0.5, 0.6) is 0 Å². The summed E-state index contributed by atoms with van der Waals surface area (Å²) < 4.78 is 11.6. The van der Waals surface area contributed by atoms with Crippen molar-refractivity contribution < 1.29 is 14.3 Å². The van der Waals surface area contributed by atoms with Crippen molar-refractivity contribution in [2.24, 2.45) is 0 Å². The van der Waals surface area contributed by atoms with Crippen molar-refractivity contribution in [2.75, 3.05) is 26.7 Å². The number of rotatable bonds is 2. The molecule has 4 heterocycles. The smallest absolute Gasteiger partial charge is 0.410 e. The zero-order valence-electron chi connectivity index (χ0n) is 16.1. The third-order valence-electron chi connectivity index (χ3n) is 6.39. The summed E-state index contributed by atoms with van der Waals surface area (Å²) >= 11 is 0. The first-order valence-electron chi connectivity index (χ1n) is 9.83. The van der Waals surface area contributed by atoms with Gasteiger partial charge in [0.2, 0.25) is 0 Å². The maximum atomic E-state index is 12.1. The van der Waals surface area contributed by atoms with Crippen molar-refractivity contribution in [3.05, 3.63) is 0 Å². The Morgan fingerprint density at radius 3 is 2.40 bits per heavy atom. The number of ether oxygens (including phenoxy) is 2. The quantitative estimate of drug-likeness (QED) is 0.824. The number of nitrogens with one attached hydrogen (secondary N) is 1. The number of hydrogen-bond acceptors (Lipinski definition) is 5. The fourth-order valence-corrected chi connectivity index (χ4v) is 5.16. The summed E-state index contributed by atoms with van der Waals surface area (Å²) in [5.74, 6) is 0. The van der Waals surface area contributed by atoms with Crippen LogP contribution in [0.25, 0.3) is 0 Å². The minimum absolute atomic E-state index is 0.140. The molecule has 0 aromatic heterocycles. The van der Waals surface area contributed by atoms with Crippen LogP contribution in [-0.2, 0) is 9.47 Å². The number of carbonyl (C=O) groups excluding carboxylic acids is 1. The molecule has 0 aromatic rings. The van der Waals surface area contributed by atoms with E-state index in [1.807, 2.05) is 20.8 Å². The third kappa shape index (κ3) is 3.53. The lowest BCUT2D eigenvalue weighted by Crippen LogP contribution is -2.64. The molecule has 142 valence electrons. The zero-order chi connectivity index (χ0) is 17.8. The van der Waals surface area contributed by atoms with E-state index in [0.717, 1.165) is 25.1 Å². The first-order valence-corrected chi connectivity index (χ1v) is 9.83. The highest BCUT2D eigenvalue weighted by Gasteiger charge is 2.52. The largest absolute Gasteiger partial charge is 0.444 e. The molecule has 4 aliphatic rings. The number of likely N-dealkylation sites (tertiary alicyclic amines) is 1. The number of carbonyl (C=O) groups is 1. The van der Waals surface area contributed by atoms with Crippen LogP contribution in [0.3, 0.4) is 0 Å². The van der Waals surface area contributed by atoms with Crippen LogP contribution in [0, 0.1) is 0 Å². The maximum absolute atomic E-state index is 12.1. The van der Waals surface area contributed by atoms with Crippen molar-refractivity contribution in [3.8, 4) is 0 Å². The summed E-state index contributed by atoms with van der Waals surface area (Å²) in [6.45, 7) is 7.81. The second-order valence-corrected chi connectivity index (χ2v) is 9.62. The van der Waals surface area contributed by atoms with Crippen LogP contribution in [-0.4, -0.2) is 78.0 Å². The summed E-state index contributed by atoms with van der Waals surface area (Å²) in [7, 11) is 2.28. The standard InChI is InChI=1S/C19H33N3O3/c1-18(2,3)25-17(23)22-11-19(12-22)9-14(10-24-19)20-13-7-15-5-6-16(8-13)21(15)4/h13-16,20H,5-12H2,1-4H3/t13?,14?,15-,16+. The number of amides is 1. The van der Waals surface area contributed by atoms with Gasteiger partial charge in [-0.05, 0) is 59.9 Å². The molecule has 2 unspecified atom stereocenters. The van der Waals surface area contributed by atoms with Gasteiger partial charge in [-0.2, -0.15) is 0 Å². The SMILES string of the molecule is CN1[C@@H]2CC[C@H]1CC(NC1COC3(C1)CN(C(=O)OC(C)(C)C)C3)C2. The summed E-state index contributed by atoms with van der Waals surface area (Å²) in [4.78, 5) is 16.5. The van der Waals surface area contributed by atoms with Crippen LogP contribution >= 0.6 is 0 Å². The van der Waals surface area contributed by atoms with Gasteiger partial charge in [-0.1, -0.05) is 0 Å². The molecule has 6 nitrogen and oxygen atoms in total. The fraction of sp³-hybridized carbons (Fsp3) is 0.947. The fourth-order valence-electron chi connectivity index (χ4n) is 5.16. The molecule has 0 radical (unpaired) electrons. The van der Waals surface area contributed by atoms with Crippen molar-refractivity contribution in [1.82, 2.24) is 15.1 Å². The van der Waals surface area contributed by atoms with E-state index in [-0.39, 0.29) is 11.7 Å². The molecule has 4 fully saturated rings. The normalized spacial score (nSPS) is 37.4.